The summed E-state index contributed by atoms with van der Waals surface area (Å²) in [4.78, 5) is 23.2. The maximum absolute atomic E-state index is 12.9. The maximum Gasteiger partial charge on any atom is 0.472 e. The van der Waals surface area contributed by atoms with Crippen LogP contribution in [0.4, 0.5) is 0 Å². The summed E-state index contributed by atoms with van der Waals surface area (Å²) in [5.41, 5.74) is 0. The highest BCUT2D eigenvalue weighted by atomic mass is 31.2. The minimum absolute atomic E-state index is 0.0559. The SMILES string of the molecule is CC/C=C\C/C=C\C/C=C\C/C=C\C/C=C\C/C=C\C/C=C\C/C=C\C/C=C\CCCCCCCCCCCCCC(=O)NC(COP(=O)(O)OCC[N+](C)(C)C)C(O)/C=C/CCCCCCCCCCC. The number of likely N-dealkylation sites (N-methyl/N-ethyl adjacent to an activating group) is 1. The molecule has 0 bridgehead atoms. The highest BCUT2D eigenvalue weighted by Crippen LogP contribution is 2.43. The van der Waals surface area contributed by atoms with Gasteiger partial charge < -0.3 is 19.8 Å². The van der Waals surface area contributed by atoms with Crippen molar-refractivity contribution in [2.75, 3.05) is 40.9 Å². The molecule has 1 amide bonds. The van der Waals surface area contributed by atoms with E-state index < -0.39 is 20.0 Å². The number of quaternary nitrogens is 1. The Balaban J connectivity index is 4.05. The molecule has 0 spiro atoms. The van der Waals surface area contributed by atoms with E-state index in [1.165, 1.54) is 103 Å². The first-order valence-electron chi connectivity index (χ1n) is 28.9. The zero-order valence-corrected chi connectivity index (χ0v) is 47.8. The summed E-state index contributed by atoms with van der Waals surface area (Å²) in [5, 5.41) is 13.8. The zero-order valence-electron chi connectivity index (χ0n) is 46.9. The first-order chi connectivity index (χ1) is 35.0. The van der Waals surface area contributed by atoms with Crippen LogP contribution in [0.15, 0.2) is 122 Å². The van der Waals surface area contributed by atoms with E-state index in [0.29, 0.717) is 17.4 Å². The van der Waals surface area contributed by atoms with Gasteiger partial charge in [0.1, 0.15) is 13.2 Å². The normalized spacial score (nSPS) is 14.8. The van der Waals surface area contributed by atoms with Crippen molar-refractivity contribution in [2.24, 2.45) is 0 Å². The summed E-state index contributed by atoms with van der Waals surface area (Å²) in [7, 11) is 1.56. The van der Waals surface area contributed by atoms with E-state index >= 15 is 0 Å². The van der Waals surface area contributed by atoms with Gasteiger partial charge in [-0.1, -0.05) is 245 Å². The first kappa shape index (κ1) is 68.9. The van der Waals surface area contributed by atoms with Crippen LogP contribution >= 0.6 is 7.82 Å². The van der Waals surface area contributed by atoms with Gasteiger partial charge in [-0.25, -0.2) is 4.57 Å². The first-order valence-corrected chi connectivity index (χ1v) is 30.4. The number of carbonyl (C=O) groups is 1. The van der Waals surface area contributed by atoms with Gasteiger partial charge in [-0.2, -0.15) is 0 Å². The number of allylic oxidation sites excluding steroid dienone is 19. The molecule has 3 atom stereocenters. The van der Waals surface area contributed by atoms with E-state index in [1.807, 2.05) is 27.2 Å². The Morgan fingerprint density at radius 2 is 0.833 bits per heavy atom. The van der Waals surface area contributed by atoms with Gasteiger partial charge in [0.05, 0.1) is 39.9 Å². The zero-order chi connectivity index (χ0) is 52.7. The third kappa shape index (κ3) is 54.7. The van der Waals surface area contributed by atoms with Gasteiger partial charge >= 0.3 is 7.82 Å². The number of aliphatic hydroxyl groups excluding tert-OH is 1. The van der Waals surface area contributed by atoms with Crippen LogP contribution in [0.25, 0.3) is 0 Å². The maximum atomic E-state index is 12.9. The van der Waals surface area contributed by atoms with E-state index in [9.17, 15) is 19.4 Å². The fraction of sp³-hybridized carbons (Fsp3) is 0.667. The number of amides is 1. The molecule has 8 nitrogen and oxygen atoms in total. The third-order valence-corrected chi connectivity index (χ3v) is 13.2. The highest BCUT2D eigenvalue weighted by Gasteiger charge is 2.27. The fourth-order valence-electron chi connectivity index (χ4n) is 7.68. The van der Waals surface area contributed by atoms with Crippen molar-refractivity contribution in [3.8, 4) is 0 Å². The molecule has 0 saturated carbocycles. The summed E-state index contributed by atoms with van der Waals surface area (Å²) in [6.07, 6.45) is 78.8. The van der Waals surface area contributed by atoms with Crippen LogP contribution in [0.5, 0.6) is 0 Å². The van der Waals surface area contributed by atoms with E-state index in [4.69, 9.17) is 9.05 Å². The largest absolute Gasteiger partial charge is 0.472 e. The Morgan fingerprint density at radius 1 is 0.486 bits per heavy atom. The van der Waals surface area contributed by atoms with Crippen LogP contribution in [0.3, 0.4) is 0 Å². The lowest BCUT2D eigenvalue weighted by atomic mass is 10.0. The fourth-order valence-corrected chi connectivity index (χ4v) is 8.42. The molecule has 0 aromatic heterocycles. The number of unbranched alkanes of at least 4 members (excludes halogenated alkanes) is 20. The highest BCUT2D eigenvalue weighted by molar-refractivity contribution is 7.47. The summed E-state index contributed by atoms with van der Waals surface area (Å²) < 4.78 is 23.6. The van der Waals surface area contributed by atoms with Crippen molar-refractivity contribution in [3.05, 3.63) is 122 Å². The molecule has 0 aromatic carbocycles. The molecule has 0 rings (SSSR count). The van der Waals surface area contributed by atoms with Crippen molar-refractivity contribution in [1.82, 2.24) is 5.32 Å². The number of nitrogens with one attached hydrogen (secondary N) is 1. The predicted octanol–water partition coefficient (Wildman–Crippen LogP) is 17.8. The molecular weight excluding hydrogens is 912 g/mol. The van der Waals surface area contributed by atoms with Gasteiger partial charge in [-0.05, 0) is 89.9 Å². The predicted molar refractivity (Wildman–Crippen MR) is 313 cm³/mol. The molecule has 3 N–H and O–H groups in total. The Kier molecular flexibility index (Phi) is 50.5. The Hall–Kier alpha value is -3.10. The average Bonchev–Trinajstić information content (AvgIpc) is 3.34. The number of nitrogens with zero attached hydrogens (tertiary/aromatic N) is 1. The quantitative estimate of drug-likeness (QED) is 0.0243. The van der Waals surface area contributed by atoms with Crippen molar-refractivity contribution < 1.29 is 32.9 Å². The minimum Gasteiger partial charge on any atom is -0.387 e. The van der Waals surface area contributed by atoms with E-state index in [1.54, 1.807) is 6.08 Å². The van der Waals surface area contributed by atoms with Crippen molar-refractivity contribution in [2.45, 2.75) is 231 Å². The molecule has 0 aliphatic heterocycles. The number of hydrogen-bond donors (Lipinski definition) is 3. The molecule has 412 valence electrons. The van der Waals surface area contributed by atoms with Gasteiger partial charge in [-0.15, -0.1) is 0 Å². The van der Waals surface area contributed by atoms with Crippen molar-refractivity contribution >= 4 is 13.7 Å². The molecule has 0 radical (unpaired) electrons. The van der Waals surface area contributed by atoms with Crippen LogP contribution in [-0.2, 0) is 18.4 Å². The average molecular weight is 1020 g/mol. The topological polar surface area (TPSA) is 105 Å². The molecule has 0 aliphatic rings. The second kappa shape index (κ2) is 52.8. The lowest BCUT2D eigenvalue weighted by molar-refractivity contribution is -0.870. The molecule has 72 heavy (non-hydrogen) atoms. The molecule has 0 aliphatic carbocycles. The molecule has 0 heterocycles. The van der Waals surface area contributed by atoms with E-state index in [0.717, 1.165) is 96.3 Å². The molecule has 9 heteroatoms. The summed E-state index contributed by atoms with van der Waals surface area (Å²) in [6.45, 7) is 4.67. The van der Waals surface area contributed by atoms with E-state index in [-0.39, 0.29) is 19.1 Å². The van der Waals surface area contributed by atoms with Crippen LogP contribution < -0.4 is 5.32 Å². The van der Waals surface area contributed by atoms with Crippen LogP contribution in [-0.4, -0.2) is 73.4 Å². The summed E-state index contributed by atoms with van der Waals surface area (Å²) in [5.74, 6) is -0.187. The van der Waals surface area contributed by atoms with Crippen LogP contribution in [0.1, 0.15) is 219 Å². The third-order valence-electron chi connectivity index (χ3n) is 12.2. The van der Waals surface area contributed by atoms with Crippen molar-refractivity contribution in [3.63, 3.8) is 0 Å². The Labute approximate surface area is 444 Å². The van der Waals surface area contributed by atoms with Gasteiger partial charge in [0, 0.05) is 6.42 Å². The minimum atomic E-state index is -4.35. The number of rotatable bonds is 51. The number of carbonyl (C=O) groups excluding carboxylic acids is 1. The number of aliphatic hydroxyl groups is 1. The number of hydrogen-bond acceptors (Lipinski definition) is 5. The summed E-state index contributed by atoms with van der Waals surface area (Å²) in [6, 6.07) is -0.854. The van der Waals surface area contributed by atoms with E-state index in [2.05, 4.69) is 129 Å². The van der Waals surface area contributed by atoms with Gasteiger partial charge in [0.25, 0.3) is 0 Å². The Morgan fingerprint density at radius 3 is 1.22 bits per heavy atom. The second-order valence-electron chi connectivity index (χ2n) is 20.3. The number of phosphoric acid groups is 1. The number of phosphoric ester groups is 1. The monoisotopic (exact) mass is 1020 g/mol. The molecule has 0 saturated heterocycles. The van der Waals surface area contributed by atoms with Gasteiger partial charge in [0.15, 0.2) is 0 Å². The molecule has 3 unspecified atom stereocenters. The van der Waals surface area contributed by atoms with Crippen LogP contribution in [0.2, 0.25) is 0 Å². The molecule has 0 fully saturated rings. The molecular formula is C63H110N2O6P+. The van der Waals surface area contributed by atoms with Crippen LogP contribution in [0, 0.1) is 0 Å². The Bertz CT molecular complexity index is 1580. The molecule has 0 aromatic rings. The second-order valence-corrected chi connectivity index (χ2v) is 21.7. The lowest BCUT2D eigenvalue weighted by Crippen LogP contribution is -2.45. The van der Waals surface area contributed by atoms with Gasteiger partial charge in [-0.3, -0.25) is 13.8 Å². The smallest absolute Gasteiger partial charge is 0.387 e. The lowest BCUT2D eigenvalue weighted by Gasteiger charge is -2.25. The standard InChI is InChI=1S/C63H109N2O6P/c1-6-8-10-12-14-16-18-19-20-21-22-23-24-25-26-27-28-29-30-31-32-33-34-35-36-37-38-39-40-41-42-43-44-45-47-49-51-53-55-57-63(67)64-61(60-71-72(68,69)70-59-58-65(3,4)5)62(66)56-54-52-50-48-46-17-15-13-11-9-7-2/h8,10,14,16,19-20,22-23,25-26,28-29,31-32,34-35,37-38,54,56,61-62,66H,6-7,9,11-13,15,17-18,21,24,27,30,33,36,39-53,55,57-60H2,1-5H3,(H-,64,67,68,69)/p+1/b10-8-,16-14-,20-19-,23-22-,26-25-,29-28-,32-31-,35-34-,38-37-,56-54+. The van der Waals surface area contributed by atoms with Gasteiger partial charge in [0.2, 0.25) is 5.91 Å². The summed E-state index contributed by atoms with van der Waals surface area (Å²) >= 11 is 0. The van der Waals surface area contributed by atoms with Crippen molar-refractivity contribution in [1.29, 1.82) is 0 Å².